The lowest BCUT2D eigenvalue weighted by Crippen LogP contribution is -2.42. The van der Waals surface area contributed by atoms with Crippen LogP contribution in [0.5, 0.6) is 0 Å². The molecular weight excluding hydrogens is 425 g/mol. The minimum atomic E-state index is -1.31. The van der Waals surface area contributed by atoms with Gasteiger partial charge in [-0.3, -0.25) is 9.59 Å². The van der Waals surface area contributed by atoms with E-state index in [9.17, 15) is 22.8 Å². The van der Waals surface area contributed by atoms with E-state index in [1.807, 2.05) is 0 Å². The molecular formula is C19H13F3N2O3S2. The number of anilines is 1. The Labute approximate surface area is 171 Å². The number of hydrogen-bond acceptors (Lipinski definition) is 5. The van der Waals surface area contributed by atoms with Crippen molar-refractivity contribution in [1.29, 1.82) is 0 Å². The molecule has 150 valence electrons. The number of aromatic nitrogens is 1. The number of thiazole rings is 1. The van der Waals surface area contributed by atoms with E-state index in [1.54, 1.807) is 24.3 Å². The van der Waals surface area contributed by atoms with Crippen LogP contribution in [0.2, 0.25) is 0 Å². The van der Waals surface area contributed by atoms with Crippen molar-refractivity contribution in [2.24, 2.45) is 0 Å². The Morgan fingerprint density at radius 2 is 1.97 bits per heavy atom. The van der Waals surface area contributed by atoms with E-state index in [-0.39, 0.29) is 35.5 Å². The molecule has 0 aliphatic carbocycles. The van der Waals surface area contributed by atoms with Crippen LogP contribution in [0.1, 0.15) is 11.4 Å². The average molecular weight is 438 g/mol. The normalized spacial score (nSPS) is 16.3. The largest absolute Gasteiger partial charge is 0.481 e. The van der Waals surface area contributed by atoms with Gasteiger partial charge in [-0.05, 0) is 12.1 Å². The number of carbonyl (C=O) groups is 2. The zero-order chi connectivity index (χ0) is 20.7. The number of para-hydroxylation sites is 1. The zero-order valence-electron chi connectivity index (χ0n) is 14.7. The third-order valence-corrected chi connectivity index (χ3v) is 6.81. The van der Waals surface area contributed by atoms with Crippen molar-refractivity contribution in [2.45, 2.75) is 23.0 Å². The lowest BCUT2D eigenvalue weighted by molar-refractivity contribution is -0.138. The number of nitrogens with zero attached hydrogens (tertiary/aromatic N) is 2. The van der Waals surface area contributed by atoms with Crippen molar-refractivity contribution in [3.63, 3.8) is 0 Å². The van der Waals surface area contributed by atoms with Gasteiger partial charge < -0.3 is 10.0 Å². The summed E-state index contributed by atoms with van der Waals surface area (Å²) in [5, 5.41) is 8.67. The number of rotatable bonds is 5. The van der Waals surface area contributed by atoms with Crippen LogP contribution in [0.3, 0.4) is 0 Å². The molecule has 2 heterocycles. The Hall–Kier alpha value is -2.59. The summed E-state index contributed by atoms with van der Waals surface area (Å²) in [6.07, 6.45) is -0.129. The summed E-state index contributed by atoms with van der Waals surface area (Å²) < 4.78 is 41.1. The number of benzene rings is 2. The van der Waals surface area contributed by atoms with Crippen molar-refractivity contribution in [1.82, 2.24) is 4.98 Å². The molecule has 1 unspecified atom stereocenters. The van der Waals surface area contributed by atoms with Crippen LogP contribution in [-0.2, 0) is 16.0 Å². The summed E-state index contributed by atoms with van der Waals surface area (Å²) in [5.41, 5.74) is 0.279. The van der Waals surface area contributed by atoms with Gasteiger partial charge in [-0.25, -0.2) is 18.2 Å². The van der Waals surface area contributed by atoms with E-state index in [1.165, 1.54) is 16.7 Å². The summed E-state index contributed by atoms with van der Waals surface area (Å²) in [5.74, 6) is -4.82. The minimum absolute atomic E-state index is 0.0800. The van der Waals surface area contributed by atoms with E-state index in [4.69, 9.17) is 5.11 Å². The first-order valence-electron chi connectivity index (χ1n) is 8.57. The van der Waals surface area contributed by atoms with Gasteiger partial charge in [-0.15, -0.1) is 23.1 Å². The van der Waals surface area contributed by atoms with Crippen LogP contribution >= 0.6 is 23.1 Å². The van der Waals surface area contributed by atoms with Gasteiger partial charge in [0.05, 0.1) is 27.1 Å². The molecule has 4 rings (SSSR count). The van der Waals surface area contributed by atoms with Crippen molar-refractivity contribution < 1.29 is 27.9 Å². The lowest BCUT2D eigenvalue weighted by Gasteiger charge is -2.33. The summed E-state index contributed by atoms with van der Waals surface area (Å²) in [7, 11) is 0. The molecule has 1 aromatic heterocycles. The maximum Gasteiger partial charge on any atom is 0.305 e. The number of hydrogen-bond donors (Lipinski definition) is 1. The highest BCUT2D eigenvalue weighted by Gasteiger charge is 2.34. The fraction of sp³-hybridized carbons (Fsp3) is 0.211. The first-order valence-corrected chi connectivity index (χ1v) is 10.3. The zero-order valence-corrected chi connectivity index (χ0v) is 16.3. The molecule has 1 N–H and O–H groups in total. The molecule has 0 saturated heterocycles. The summed E-state index contributed by atoms with van der Waals surface area (Å²) in [6, 6.07) is 7.61. The molecule has 5 nitrogen and oxygen atoms in total. The Bertz CT molecular complexity index is 1140. The molecule has 0 saturated carbocycles. The smallest absolute Gasteiger partial charge is 0.305 e. The molecule has 3 aromatic rings. The molecule has 1 amide bonds. The number of thioether (sulfide) groups is 1. The van der Waals surface area contributed by atoms with Crippen molar-refractivity contribution in [2.75, 3.05) is 11.4 Å². The topological polar surface area (TPSA) is 70.5 Å². The van der Waals surface area contributed by atoms with Gasteiger partial charge in [0.25, 0.3) is 0 Å². The Morgan fingerprint density at radius 3 is 2.72 bits per heavy atom. The van der Waals surface area contributed by atoms with Gasteiger partial charge in [0, 0.05) is 23.9 Å². The van der Waals surface area contributed by atoms with Gasteiger partial charge in [0.2, 0.25) is 5.91 Å². The van der Waals surface area contributed by atoms with Crippen molar-refractivity contribution in [3.8, 4) is 0 Å². The fourth-order valence-corrected chi connectivity index (χ4v) is 5.31. The summed E-state index contributed by atoms with van der Waals surface area (Å²) in [4.78, 5) is 30.2. The first kappa shape index (κ1) is 19.7. The number of carbonyl (C=O) groups excluding carboxylic acids is 1. The van der Waals surface area contributed by atoms with Gasteiger partial charge in [-0.2, -0.15) is 0 Å². The quantitative estimate of drug-likeness (QED) is 0.604. The van der Waals surface area contributed by atoms with Gasteiger partial charge in [-0.1, -0.05) is 12.1 Å². The van der Waals surface area contributed by atoms with E-state index < -0.39 is 28.7 Å². The van der Waals surface area contributed by atoms with E-state index in [0.29, 0.717) is 16.8 Å². The highest BCUT2D eigenvalue weighted by atomic mass is 32.2. The van der Waals surface area contributed by atoms with Gasteiger partial charge >= 0.3 is 5.97 Å². The van der Waals surface area contributed by atoms with Gasteiger partial charge in [0.1, 0.15) is 11.3 Å². The van der Waals surface area contributed by atoms with Crippen LogP contribution < -0.4 is 4.90 Å². The highest BCUT2D eigenvalue weighted by molar-refractivity contribution is 8.01. The van der Waals surface area contributed by atoms with E-state index >= 15 is 0 Å². The molecule has 1 atom stereocenters. The van der Waals surface area contributed by atoms with Crippen molar-refractivity contribution >= 4 is 50.9 Å². The summed E-state index contributed by atoms with van der Waals surface area (Å²) >= 11 is 2.10. The van der Waals surface area contributed by atoms with Gasteiger partial charge in [0.15, 0.2) is 11.6 Å². The average Bonchev–Trinajstić information content (AvgIpc) is 3.11. The molecule has 1 aliphatic rings. The number of amides is 1. The number of carboxylic acids is 1. The molecule has 0 bridgehead atoms. The second kappa shape index (κ2) is 7.68. The second-order valence-electron chi connectivity index (χ2n) is 6.35. The maximum absolute atomic E-state index is 13.9. The van der Waals surface area contributed by atoms with E-state index in [2.05, 4.69) is 4.98 Å². The van der Waals surface area contributed by atoms with E-state index in [0.717, 1.165) is 16.2 Å². The standard InChI is InChI=1S/C19H13F3N2O3S2/c20-9-7-10(21)18-17(16(9)22)23-14(29-18)5-6-24-11-3-1-2-4-12(11)28-13(19(24)27)8-15(25)26/h1-4,7,13H,5-6,8H2,(H,25,26). The lowest BCUT2D eigenvalue weighted by atomic mass is 10.2. The monoisotopic (exact) mass is 438 g/mol. The molecule has 10 heteroatoms. The number of halogens is 3. The Kier molecular flexibility index (Phi) is 5.22. The summed E-state index contributed by atoms with van der Waals surface area (Å²) in [6.45, 7) is 0.151. The van der Waals surface area contributed by atoms with Crippen LogP contribution in [0.25, 0.3) is 10.2 Å². The predicted molar refractivity (Wildman–Crippen MR) is 104 cm³/mol. The molecule has 2 aromatic carbocycles. The maximum atomic E-state index is 13.9. The first-order chi connectivity index (χ1) is 13.8. The van der Waals surface area contributed by atoms with Crippen molar-refractivity contribution in [3.05, 3.63) is 52.8 Å². The predicted octanol–water partition coefficient (Wildman–Crippen LogP) is 4.24. The number of carboxylic acid groups (broad SMARTS) is 1. The SMILES string of the molecule is O=C(O)CC1Sc2ccccc2N(CCc2nc3c(F)c(F)cc(F)c3s2)C1=O. The molecule has 29 heavy (non-hydrogen) atoms. The minimum Gasteiger partial charge on any atom is -0.481 e. The van der Waals surface area contributed by atoms with Crippen LogP contribution in [0, 0.1) is 17.5 Å². The highest BCUT2D eigenvalue weighted by Crippen LogP contribution is 2.40. The number of aliphatic carboxylic acids is 1. The number of fused-ring (bicyclic) bond motifs is 2. The molecule has 1 aliphatic heterocycles. The Balaban J connectivity index is 1.62. The molecule has 0 fully saturated rings. The fourth-order valence-electron chi connectivity index (χ4n) is 3.14. The van der Waals surface area contributed by atoms with Crippen LogP contribution in [-0.4, -0.2) is 33.8 Å². The Morgan fingerprint density at radius 1 is 1.21 bits per heavy atom. The third kappa shape index (κ3) is 3.69. The van der Waals surface area contributed by atoms with Crippen LogP contribution in [0.4, 0.5) is 18.9 Å². The molecule has 0 spiro atoms. The van der Waals surface area contributed by atoms with Crippen LogP contribution in [0.15, 0.2) is 35.2 Å². The second-order valence-corrected chi connectivity index (χ2v) is 8.68. The molecule has 0 radical (unpaired) electrons. The third-order valence-electron chi connectivity index (χ3n) is 4.44.